The summed E-state index contributed by atoms with van der Waals surface area (Å²) in [7, 11) is 1.62. The average molecular weight is 529 g/mol. The zero-order valence-corrected chi connectivity index (χ0v) is 23.7. The minimum absolute atomic E-state index is 0.0104. The van der Waals surface area contributed by atoms with Crippen LogP contribution in [-0.4, -0.2) is 49.5 Å². The van der Waals surface area contributed by atoms with Crippen LogP contribution in [0.1, 0.15) is 56.5 Å². The molecule has 7 heteroatoms. The summed E-state index contributed by atoms with van der Waals surface area (Å²) in [6.45, 7) is 14.3. The standard InChI is InChI=1S/C32H40N4O3/c1-7-9-24(10-8-2)32-27-19-29(39-21(3)4)28(38-6)17-25(27)18-31(37)36(32)26-13-11-23(12-14-26)22(5)35-16-15-34-20-30(35)33/h7-14,17,19,21-22,32-34H,1,15-16,18,20H2,2-6H3/b10-8-,24-9+,33-30?/t22?,32-/m0/s1. The molecule has 2 atom stereocenters. The van der Waals surface area contributed by atoms with Crippen molar-refractivity contribution in [2.75, 3.05) is 31.6 Å². The van der Waals surface area contributed by atoms with Crippen LogP contribution in [0.3, 0.4) is 0 Å². The third-order valence-electron chi connectivity index (χ3n) is 7.23. The number of fused-ring (bicyclic) bond motifs is 1. The second-order valence-electron chi connectivity index (χ2n) is 10.2. The largest absolute Gasteiger partial charge is 0.493 e. The Morgan fingerprint density at radius 1 is 1.18 bits per heavy atom. The number of nitrogens with zero attached hydrogens (tertiary/aromatic N) is 2. The highest BCUT2D eigenvalue weighted by atomic mass is 16.5. The first-order chi connectivity index (χ1) is 18.8. The van der Waals surface area contributed by atoms with E-state index >= 15 is 0 Å². The van der Waals surface area contributed by atoms with Gasteiger partial charge in [0.05, 0.1) is 38.3 Å². The predicted octanol–water partition coefficient (Wildman–Crippen LogP) is 5.74. The van der Waals surface area contributed by atoms with Gasteiger partial charge in [-0.25, -0.2) is 0 Å². The molecule has 4 rings (SSSR count). The molecule has 7 nitrogen and oxygen atoms in total. The van der Waals surface area contributed by atoms with Gasteiger partial charge in [-0.05, 0) is 74.2 Å². The molecule has 0 spiro atoms. The lowest BCUT2D eigenvalue weighted by molar-refractivity contribution is -0.118. The van der Waals surface area contributed by atoms with Crippen LogP contribution >= 0.6 is 0 Å². The van der Waals surface area contributed by atoms with Gasteiger partial charge in [0, 0.05) is 18.8 Å². The number of nitrogens with one attached hydrogen (secondary N) is 2. The van der Waals surface area contributed by atoms with E-state index in [-0.39, 0.29) is 30.5 Å². The zero-order valence-electron chi connectivity index (χ0n) is 23.7. The fraction of sp³-hybridized carbons (Fsp3) is 0.375. The number of carbonyl (C=O) groups is 1. The van der Waals surface area contributed by atoms with Crippen molar-refractivity contribution in [2.45, 2.75) is 52.3 Å². The number of methoxy groups -OCH3 is 1. The highest BCUT2D eigenvalue weighted by Gasteiger charge is 2.36. The lowest BCUT2D eigenvalue weighted by atomic mass is 9.86. The van der Waals surface area contributed by atoms with Gasteiger partial charge < -0.3 is 24.6 Å². The molecule has 2 aliphatic rings. The minimum Gasteiger partial charge on any atom is -0.493 e. The number of piperazine rings is 1. The molecule has 2 heterocycles. The Labute approximate surface area is 232 Å². The fourth-order valence-corrected chi connectivity index (χ4v) is 5.41. The highest BCUT2D eigenvalue weighted by Crippen LogP contribution is 2.44. The predicted molar refractivity (Wildman–Crippen MR) is 158 cm³/mol. The number of allylic oxidation sites excluding steroid dienone is 3. The first kappa shape index (κ1) is 28.2. The van der Waals surface area contributed by atoms with Crippen LogP contribution in [0.2, 0.25) is 0 Å². The second-order valence-corrected chi connectivity index (χ2v) is 10.2. The molecule has 0 saturated carbocycles. The normalized spacial score (nSPS) is 18.9. The molecule has 2 N–H and O–H groups in total. The topological polar surface area (TPSA) is 77.9 Å². The van der Waals surface area contributed by atoms with Crippen LogP contribution in [-0.2, 0) is 11.2 Å². The van der Waals surface area contributed by atoms with Gasteiger partial charge in [-0.3, -0.25) is 10.2 Å². The van der Waals surface area contributed by atoms with Crippen molar-refractivity contribution < 1.29 is 14.3 Å². The summed E-state index contributed by atoms with van der Waals surface area (Å²) in [5, 5.41) is 11.6. The Kier molecular flexibility index (Phi) is 8.92. The Bertz CT molecular complexity index is 1280. The number of hydrogen-bond acceptors (Lipinski definition) is 5. The highest BCUT2D eigenvalue weighted by molar-refractivity contribution is 5.98. The number of benzene rings is 2. The number of rotatable bonds is 9. The molecule has 0 aromatic heterocycles. The summed E-state index contributed by atoms with van der Waals surface area (Å²) in [5.41, 5.74) is 4.82. The van der Waals surface area contributed by atoms with Crippen LogP contribution in [0.4, 0.5) is 5.69 Å². The molecule has 2 aliphatic heterocycles. The minimum atomic E-state index is -0.361. The fourth-order valence-electron chi connectivity index (χ4n) is 5.41. The molecule has 1 amide bonds. The van der Waals surface area contributed by atoms with Crippen molar-refractivity contribution in [3.05, 3.63) is 89.5 Å². The van der Waals surface area contributed by atoms with Gasteiger partial charge in [0.25, 0.3) is 0 Å². The van der Waals surface area contributed by atoms with Crippen LogP contribution < -0.4 is 19.7 Å². The van der Waals surface area contributed by atoms with E-state index in [1.807, 2.05) is 68.2 Å². The van der Waals surface area contributed by atoms with E-state index in [0.29, 0.717) is 23.9 Å². The molecule has 2 aromatic carbocycles. The van der Waals surface area contributed by atoms with Crippen molar-refractivity contribution in [3.63, 3.8) is 0 Å². The summed E-state index contributed by atoms with van der Waals surface area (Å²) in [6.07, 6.45) is 7.96. The Hall–Kier alpha value is -3.84. The molecule has 2 aromatic rings. The molecule has 1 fully saturated rings. The number of anilines is 1. The summed E-state index contributed by atoms with van der Waals surface area (Å²) < 4.78 is 11.7. The average Bonchev–Trinajstić information content (AvgIpc) is 2.92. The maximum Gasteiger partial charge on any atom is 0.232 e. The van der Waals surface area contributed by atoms with E-state index in [9.17, 15) is 4.79 Å². The van der Waals surface area contributed by atoms with Gasteiger partial charge in [0.2, 0.25) is 5.91 Å². The van der Waals surface area contributed by atoms with E-state index in [0.717, 1.165) is 41.0 Å². The molecule has 1 unspecified atom stereocenters. The number of carbonyl (C=O) groups excluding carboxylic acids is 1. The monoisotopic (exact) mass is 528 g/mol. The van der Waals surface area contributed by atoms with Crippen molar-refractivity contribution in [1.82, 2.24) is 10.2 Å². The first-order valence-electron chi connectivity index (χ1n) is 13.6. The molecule has 206 valence electrons. The van der Waals surface area contributed by atoms with E-state index < -0.39 is 0 Å². The molecule has 0 aliphatic carbocycles. The number of ether oxygens (including phenoxy) is 2. The van der Waals surface area contributed by atoms with E-state index in [2.05, 4.69) is 35.9 Å². The molecular weight excluding hydrogens is 488 g/mol. The van der Waals surface area contributed by atoms with Gasteiger partial charge in [0.1, 0.15) is 5.84 Å². The molecule has 1 saturated heterocycles. The maximum atomic E-state index is 13.8. The number of amidine groups is 1. The lowest BCUT2D eigenvalue weighted by Gasteiger charge is -2.39. The van der Waals surface area contributed by atoms with Gasteiger partial charge >= 0.3 is 0 Å². The SMILES string of the molecule is C=C/C=C(\C=C/C)[C@H]1c2cc(OC(C)C)c(OC)cc2CC(=O)N1c1ccc(C(C)N2CCNCC2=N)cc1. The molecule has 39 heavy (non-hydrogen) atoms. The summed E-state index contributed by atoms with van der Waals surface area (Å²) in [4.78, 5) is 17.8. The van der Waals surface area contributed by atoms with Gasteiger partial charge in [-0.1, -0.05) is 43.0 Å². The smallest absolute Gasteiger partial charge is 0.232 e. The van der Waals surface area contributed by atoms with Crippen molar-refractivity contribution in [3.8, 4) is 11.5 Å². The zero-order chi connectivity index (χ0) is 28.1. The van der Waals surface area contributed by atoms with Crippen molar-refractivity contribution in [1.29, 1.82) is 5.41 Å². The Balaban J connectivity index is 1.79. The quantitative estimate of drug-likeness (QED) is 0.406. The lowest BCUT2D eigenvalue weighted by Crippen LogP contribution is -2.48. The van der Waals surface area contributed by atoms with Crippen molar-refractivity contribution >= 4 is 17.4 Å². The van der Waals surface area contributed by atoms with Crippen LogP contribution in [0, 0.1) is 5.41 Å². The van der Waals surface area contributed by atoms with Gasteiger partial charge in [-0.15, -0.1) is 0 Å². The number of hydrogen-bond donors (Lipinski definition) is 2. The van der Waals surface area contributed by atoms with E-state index in [1.165, 1.54) is 0 Å². The summed E-state index contributed by atoms with van der Waals surface area (Å²) in [6, 6.07) is 11.8. The Morgan fingerprint density at radius 2 is 1.92 bits per heavy atom. The summed E-state index contributed by atoms with van der Waals surface area (Å²) in [5.74, 6) is 1.89. The molecule has 0 bridgehead atoms. The van der Waals surface area contributed by atoms with E-state index in [4.69, 9.17) is 14.9 Å². The maximum absolute atomic E-state index is 13.8. The van der Waals surface area contributed by atoms with Crippen LogP contribution in [0.15, 0.2) is 72.9 Å². The molecule has 0 radical (unpaired) electrons. The second kappa shape index (κ2) is 12.3. The van der Waals surface area contributed by atoms with Crippen LogP contribution in [0.5, 0.6) is 11.5 Å². The third kappa shape index (κ3) is 5.93. The first-order valence-corrected chi connectivity index (χ1v) is 13.6. The number of amides is 1. The third-order valence-corrected chi connectivity index (χ3v) is 7.23. The van der Waals surface area contributed by atoms with Gasteiger partial charge in [-0.2, -0.15) is 0 Å². The van der Waals surface area contributed by atoms with Crippen LogP contribution in [0.25, 0.3) is 0 Å². The molecular formula is C32H40N4O3. The summed E-state index contributed by atoms with van der Waals surface area (Å²) >= 11 is 0. The van der Waals surface area contributed by atoms with Gasteiger partial charge in [0.15, 0.2) is 11.5 Å². The van der Waals surface area contributed by atoms with E-state index in [1.54, 1.807) is 13.2 Å². The Morgan fingerprint density at radius 3 is 2.54 bits per heavy atom. The van der Waals surface area contributed by atoms with Crippen molar-refractivity contribution in [2.24, 2.45) is 0 Å².